The van der Waals surface area contributed by atoms with Crippen LogP contribution in [-0.4, -0.2) is 68.6 Å². The Balaban J connectivity index is 0.00000162. The molecule has 0 unspecified atom stereocenters. The molecule has 2 aliphatic rings. The molecule has 0 aromatic heterocycles. The second-order valence-electron chi connectivity index (χ2n) is 4.59. The van der Waals surface area contributed by atoms with Gasteiger partial charge in [-0.25, -0.2) is 0 Å². The van der Waals surface area contributed by atoms with Crippen LogP contribution in [0.5, 0.6) is 0 Å². The fraction of sp³-hybridized carbons (Fsp3) is 0.833. The van der Waals surface area contributed by atoms with Gasteiger partial charge in [0.05, 0.1) is 65.1 Å². The predicted molar refractivity (Wildman–Crippen MR) is 72.4 cm³/mol. The monoisotopic (exact) mass is 338 g/mol. The first-order valence-corrected chi connectivity index (χ1v) is 8.65. The summed E-state index contributed by atoms with van der Waals surface area (Å²) < 4.78 is 16.2. The van der Waals surface area contributed by atoms with Crippen molar-refractivity contribution in [2.24, 2.45) is 0 Å². The van der Waals surface area contributed by atoms with Gasteiger partial charge in [-0.2, -0.15) is 9.34 Å². The van der Waals surface area contributed by atoms with Gasteiger partial charge < -0.3 is 26.5 Å². The van der Waals surface area contributed by atoms with Crippen LogP contribution >= 0.6 is 7.56 Å². The first-order valence-electron chi connectivity index (χ1n) is 6.44. The average molecular weight is 339 g/mol. The Morgan fingerprint density at radius 2 is 1.28 bits per heavy atom. The van der Waals surface area contributed by atoms with E-state index in [1.54, 1.807) is 0 Å². The molecule has 4 nitrogen and oxygen atoms in total. The van der Waals surface area contributed by atoms with Gasteiger partial charge in [0, 0.05) is 0 Å². The predicted octanol–water partition coefficient (Wildman–Crippen LogP) is -1.33. The van der Waals surface area contributed by atoms with E-state index in [-0.39, 0.29) is 17.0 Å². The number of ether oxygens (including phenoxy) is 2. The molecule has 0 saturated carbocycles. The number of morpholine rings is 2. The maximum absolute atomic E-state index is 5.47. The summed E-state index contributed by atoms with van der Waals surface area (Å²) in [6.45, 7) is 12.3. The summed E-state index contributed by atoms with van der Waals surface area (Å²) in [5, 5.41) is 0. The van der Waals surface area contributed by atoms with Crippen LogP contribution in [0.15, 0.2) is 11.9 Å². The maximum Gasteiger partial charge on any atom is 0.175 e. The van der Waals surface area contributed by atoms with Crippen molar-refractivity contribution in [3.05, 3.63) is 11.9 Å². The van der Waals surface area contributed by atoms with E-state index in [9.17, 15) is 0 Å². The zero-order chi connectivity index (χ0) is 12.1. The SMILES string of the molecule is C/C=C/[P+](C)(N1CCOCC1)N1CCOCC1.[Br-]. The molecule has 0 aromatic rings. The van der Waals surface area contributed by atoms with Crippen LogP contribution in [0, 0.1) is 0 Å². The minimum Gasteiger partial charge on any atom is -1.00 e. The molecule has 2 saturated heterocycles. The van der Waals surface area contributed by atoms with E-state index in [0.717, 1.165) is 52.6 Å². The topological polar surface area (TPSA) is 24.9 Å². The van der Waals surface area contributed by atoms with Crippen molar-refractivity contribution in [2.75, 3.05) is 59.3 Å². The highest BCUT2D eigenvalue weighted by Crippen LogP contribution is 2.63. The Kier molecular flexibility index (Phi) is 7.29. The van der Waals surface area contributed by atoms with Crippen LogP contribution in [0.4, 0.5) is 0 Å². The third-order valence-electron chi connectivity index (χ3n) is 3.55. The highest BCUT2D eigenvalue weighted by atomic mass is 79.9. The molecule has 6 heteroatoms. The zero-order valence-electron chi connectivity index (χ0n) is 11.3. The summed E-state index contributed by atoms with van der Waals surface area (Å²) in [5.74, 6) is 2.42. The van der Waals surface area contributed by atoms with Gasteiger partial charge in [-0.1, -0.05) is 0 Å². The van der Waals surface area contributed by atoms with Crippen molar-refractivity contribution in [3.63, 3.8) is 0 Å². The van der Waals surface area contributed by atoms with Crippen LogP contribution < -0.4 is 17.0 Å². The summed E-state index contributed by atoms with van der Waals surface area (Å²) in [6, 6.07) is 0. The Labute approximate surface area is 122 Å². The minimum atomic E-state index is -1.29. The first kappa shape index (κ1) is 16.5. The minimum absolute atomic E-state index is 0. The van der Waals surface area contributed by atoms with Gasteiger partial charge in [0.2, 0.25) is 0 Å². The van der Waals surface area contributed by atoms with Gasteiger partial charge >= 0.3 is 0 Å². The van der Waals surface area contributed by atoms with E-state index in [2.05, 4.69) is 34.8 Å². The second-order valence-corrected chi connectivity index (χ2v) is 7.98. The Bertz CT molecular complexity index is 249. The number of allylic oxidation sites excluding steroid dienone is 1. The molecule has 0 spiro atoms. The number of nitrogens with zero attached hydrogens (tertiary/aromatic N) is 2. The number of hydrogen-bond acceptors (Lipinski definition) is 4. The molecule has 0 amide bonds. The van der Waals surface area contributed by atoms with Crippen LogP contribution in [0.3, 0.4) is 0 Å². The van der Waals surface area contributed by atoms with E-state index in [1.807, 2.05) is 0 Å². The molecular weight excluding hydrogens is 315 g/mol. The first-order chi connectivity index (χ1) is 8.27. The van der Waals surface area contributed by atoms with Crippen LogP contribution in [-0.2, 0) is 9.47 Å². The van der Waals surface area contributed by atoms with E-state index in [4.69, 9.17) is 9.47 Å². The van der Waals surface area contributed by atoms with E-state index < -0.39 is 7.56 Å². The lowest BCUT2D eigenvalue weighted by atomic mass is 10.5. The number of halogens is 1. The standard InChI is InChI=1S/C12H24N2O2P.BrH/c1-3-12-17(2,13-4-8-15-9-5-13)14-6-10-16-11-7-14;/h3,12H,4-11H2,1-2H3;1H/q+1;/p-1/b12-3+;. The van der Waals surface area contributed by atoms with Gasteiger partial charge in [-0.05, 0) is 13.0 Å². The Morgan fingerprint density at radius 1 is 0.889 bits per heavy atom. The summed E-state index contributed by atoms with van der Waals surface area (Å²) in [7, 11) is -1.29. The third kappa shape index (κ3) is 3.75. The largest absolute Gasteiger partial charge is 1.00 e. The lowest BCUT2D eigenvalue weighted by Crippen LogP contribution is -3.00. The van der Waals surface area contributed by atoms with Crippen LogP contribution in [0.1, 0.15) is 6.92 Å². The summed E-state index contributed by atoms with van der Waals surface area (Å²) in [5.41, 5.74) is 0. The quantitative estimate of drug-likeness (QED) is 0.595. The van der Waals surface area contributed by atoms with Gasteiger partial charge in [0.15, 0.2) is 7.56 Å². The lowest BCUT2D eigenvalue weighted by Gasteiger charge is -2.41. The fourth-order valence-corrected chi connectivity index (χ4v) is 5.81. The molecule has 0 atom stereocenters. The molecule has 106 valence electrons. The van der Waals surface area contributed by atoms with Crippen molar-refractivity contribution in [3.8, 4) is 0 Å². The highest BCUT2D eigenvalue weighted by Gasteiger charge is 2.45. The fourth-order valence-electron chi connectivity index (χ4n) is 2.57. The van der Waals surface area contributed by atoms with Crippen molar-refractivity contribution < 1.29 is 26.5 Å². The third-order valence-corrected chi connectivity index (χ3v) is 7.51. The average Bonchev–Trinajstić information content (AvgIpc) is 2.41. The molecule has 0 aliphatic carbocycles. The van der Waals surface area contributed by atoms with Crippen LogP contribution in [0.25, 0.3) is 0 Å². The normalized spacial score (nSPS) is 24.1. The molecule has 0 radical (unpaired) electrons. The smallest absolute Gasteiger partial charge is 0.175 e. The molecule has 0 N–H and O–H groups in total. The molecule has 2 aliphatic heterocycles. The Hall–Kier alpha value is 0.490. The summed E-state index contributed by atoms with van der Waals surface area (Å²) >= 11 is 0. The molecule has 2 fully saturated rings. The molecular formula is C12H24BrN2O2P. The van der Waals surface area contributed by atoms with Crippen molar-refractivity contribution in [2.45, 2.75) is 6.92 Å². The number of rotatable bonds is 3. The van der Waals surface area contributed by atoms with Crippen molar-refractivity contribution >= 4 is 7.56 Å². The van der Waals surface area contributed by atoms with Gasteiger partial charge in [-0.15, -0.1) is 0 Å². The highest BCUT2D eigenvalue weighted by molar-refractivity contribution is 7.73. The number of hydrogen-bond donors (Lipinski definition) is 0. The van der Waals surface area contributed by atoms with Crippen LogP contribution in [0.2, 0.25) is 0 Å². The van der Waals surface area contributed by atoms with Gasteiger partial charge in [0.25, 0.3) is 0 Å². The summed E-state index contributed by atoms with van der Waals surface area (Å²) in [6.07, 6.45) is 2.21. The van der Waals surface area contributed by atoms with E-state index in [0.29, 0.717) is 0 Å². The van der Waals surface area contributed by atoms with Gasteiger partial charge in [0.1, 0.15) is 0 Å². The second kappa shape index (κ2) is 7.93. The van der Waals surface area contributed by atoms with Crippen molar-refractivity contribution in [1.82, 2.24) is 9.34 Å². The maximum atomic E-state index is 5.47. The van der Waals surface area contributed by atoms with Gasteiger partial charge in [-0.3, -0.25) is 0 Å². The summed E-state index contributed by atoms with van der Waals surface area (Å²) in [4.78, 5) is 0. The van der Waals surface area contributed by atoms with Crippen molar-refractivity contribution in [1.29, 1.82) is 0 Å². The molecule has 0 bridgehead atoms. The zero-order valence-corrected chi connectivity index (χ0v) is 13.8. The van der Waals surface area contributed by atoms with E-state index >= 15 is 0 Å². The molecule has 18 heavy (non-hydrogen) atoms. The van der Waals surface area contributed by atoms with E-state index in [1.165, 1.54) is 0 Å². The molecule has 2 rings (SSSR count). The lowest BCUT2D eigenvalue weighted by molar-refractivity contribution is -0.00000516. The Morgan fingerprint density at radius 3 is 1.61 bits per heavy atom. The molecule has 2 heterocycles. The molecule has 0 aromatic carbocycles.